The average Bonchev–Trinajstić information content (AvgIpc) is 2.68. The molecule has 2 aromatic carbocycles. The van der Waals surface area contributed by atoms with Crippen LogP contribution in [0.4, 0.5) is 0 Å². The van der Waals surface area contributed by atoms with Crippen LogP contribution in [-0.2, 0) is 10.8 Å². The number of Topliss-reactive ketones (excluding diaryl/α,β-unsaturated/α-hetero) is 1. The second-order valence-corrected chi connectivity index (χ2v) is 7.07. The molecule has 0 radical (unpaired) electrons. The van der Waals surface area contributed by atoms with Crippen molar-refractivity contribution in [2.24, 2.45) is 0 Å². The van der Waals surface area contributed by atoms with E-state index in [1.807, 2.05) is 12.1 Å². The number of hydrogen-bond donors (Lipinski definition) is 0. The molecule has 1 nitrogen and oxygen atoms in total. The fourth-order valence-electron chi connectivity index (χ4n) is 3.96. The lowest BCUT2D eigenvalue weighted by molar-refractivity contribution is 0.101. The van der Waals surface area contributed by atoms with E-state index >= 15 is 0 Å². The second kappa shape index (κ2) is 4.56. The third-order valence-electron chi connectivity index (χ3n) is 4.97. The number of ketones is 1. The van der Waals surface area contributed by atoms with Crippen molar-refractivity contribution in [2.75, 3.05) is 0 Å². The van der Waals surface area contributed by atoms with Gasteiger partial charge in [0.1, 0.15) is 0 Å². The summed E-state index contributed by atoms with van der Waals surface area (Å²) in [4.78, 5) is 11.5. The Morgan fingerprint density at radius 3 is 2.05 bits per heavy atom. The third-order valence-corrected chi connectivity index (χ3v) is 4.97. The maximum absolute atomic E-state index is 11.5. The first-order valence-electron chi connectivity index (χ1n) is 7.56. The minimum atomic E-state index is 0.0232. The Morgan fingerprint density at radius 2 is 1.48 bits per heavy atom. The fraction of sp³-hybridized carbons (Fsp3) is 0.350. The number of rotatable bonds is 2. The average molecular weight is 278 g/mol. The van der Waals surface area contributed by atoms with Gasteiger partial charge in [0.15, 0.2) is 5.78 Å². The van der Waals surface area contributed by atoms with E-state index in [1.165, 1.54) is 16.7 Å². The van der Waals surface area contributed by atoms with Crippen LogP contribution in [0.3, 0.4) is 0 Å². The molecule has 0 heterocycles. The lowest BCUT2D eigenvalue weighted by Crippen LogP contribution is -2.23. The van der Waals surface area contributed by atoms with Crippen LogP contribution >= 0.6 is 0 Å². The lowest BCUT2D eigenvalue weighted by atomic mass is 9.75. The molecule has 0 spiro atoms. The highest BCUT2D eigenvalue weighted by molar-refractivity contribution is 5.94. The zero-order valence-corrected chi connectivity index (χ0v) is 13.2. The molecule has 1 unspecified atom stereocenters. The molecule has 0 N–H and O–H groups in total. The van der Waals surface area contributed by atoms with Crippen LogP contribution in [-0.4, -0.2) is 5.78 Å². The molecular formula is C20H22O. The molecule has 1 atom stereocenters. The molecule has 0 aromatic heterocycles. The highest BCUT2D eigenvalue weighted by atomic mass is 16.1. The van der Waals surface area contributed by atoms with Gasteiger partial charge < -0.3 is 0 Å². The summed E-state index contributed by atoms with van der Waals surface area (Å²) in [6.07, 6.45) is 1.10. The lowest BCUT2D eigenvalue weighted by Gasteiger charge is -2.28. The van der Waals surface area contributed by atoms with Crippen LogP contribution in [0, 0.1) is 0 Å². The molecular weight excluding hydrogens is 256 g/mol. The van der Waals surface area contributed by atoms with E-state index in [2.05, 4.69) is 57.2 Å². The van der Waals surface area contributed by atoms with Crippen molar-refractivity contribution < 1.29 is 4.79 Å². The molecule has 0 aliphatic heterocycles. The first-order valence-corrected chi connectivity index (χ1v) is 7.56. The van der Waals surface area contributed by atoms with Gasteiger partial charge in [-0.15, -0.1) is 0 Å². The Kier molecular flexibility index (Phi) is 3.05. The summed E-state index contributed by atoms with van der Waals surface area (Å²) >= 11 is 0. The second-order valence-electron chi connectivity index (χ2n) is 7.07. The van der Waals surface area contributed by atoms with Gasteiger partial charge in [-0.3, -0.25) is 4.79 Å². The summed E-state index contributed by atoms with van der Waals surface area (Å²) in [5.41, 5.74) is 5.16. The third kappa shape index (κ3) is 2.12. The molecule has 108 valence electrons. The fourth-order valence-corrected chi connectivity index (χ4v) is 3.96. The highest BCUT2D eigenvalue weighted by Crippen LogP contribution is 2.52. The van der Waals surface area contributed by atoms with Crippen LogP contribution in [0.5, 0.6) is 0 Å². The molecule has 0 bridgehead atoms. The van der Waals surface area contributed by atoms with Gasteiger partial charge in [0.25, 0.3) is 0 Å². The van der Waals surface area contributed by atoms with Gasteiger partial charge in [-0.2, -0.15) is 0 Å². The summed E-state index contributed by atoms with van der Waals surface area (Å²) in [5, 5.41) is 0. The summed E-state index contributed by atoms with van der Waals surface area (Å²) < 4.78 is 0. The van der Waals surface area contributed by atoms with Crippen molar-refractivity contribution in [3.05, 3.63) is 70.8 Å². The first kappa shape index (κ1) is 14.1. The molecule has 1 aliphatic rings. The van der Waals surface area contributed by atoms with Gasteiger partial charge in [-0.1, -0.05) is 69.3 Å². The van der Waals surface area contributed by atoms with Crippen molar-refractivity contribution in [2.45, 2.75) is 44.9 Å². The van der Waals surface area contributed by atoms with E-state index in [1.54, 1.807) is 6.92 Å². The number of fused-ring (bicyclic) bond motifs is 1. The van der Waals surface area contributed by atoms with Crippen LogP contribution < -0.4 is 0 Å². The quantitative estimate of drug-likeness (QED) is 0.716. The van der Waals surface area contributed by atoms with E-state index in [4.69, 9.17) is 0 Å². The van der Waals surface area contributed by atoms with E-state index in [9.17, 15) is 4.79 Å². The zero-order valence-electron chi connectivity index (χ0n) is 13.2. The Bertz CT molecular complexity index is 694. The first-order chi connectivity index (χ1) is 9.84. The SMILES string of the molecule is CC(=O)c1ccc(C2(C)CC(C)(C)c3ccccc32)cc1. The van der Waals surface area contributed by atoms with Crippen molar-refractivity contribution in [3.8, 4) is 0 Å². The van der Waals surface area contributed by atoms with Crippen LogP contribution in [0.15, 0.2) is 48.5 Å². The van der Waals surface area contributed by atoms with Crippen molar-refractivity contribution >= 4 is 5.78 Å². The minimum Gasteiger partial charge on any atom is -0.295 e. The van der Waals surface area contributed by atoms with E-state index in [-0.39, 0.29) is 16.6 Å². The number of hydrogen-bond acceptors (Lipinski definition) is 1. The molecule has 1 heteroatoms. The molecule has 0 fully saturated rings. The molecule has 3 rings (SSSR count). The van der Waals surface area contributed by atoms with Crippen molar-refractivity contribution in [3.63, 3.8) is 0 Å². The predicted molar refractivity (Wildman–Crippen MR) is 87.0 cm³/mol. The van der Waals surface area contributed by atoms with Gasteiger partial charge in [-0.25, -0.2) is 0 Å². The van der Waals surface area contributed by atoms with Crippen molar-refractivity contribution in [1.29, 1.82) is 0 Å². The van der Waals surface area contributed by atoms with Crippen LogP contribution in [0.1, 0.15) is 61.2 Å². The van der Waals surface area contributed by atoms with Gasteiger partial charge in [0.05, 0.1) is 0 Å². The monoisotopic (exact) mass is 278 g/mol. The highest BCUT2D eigenvalue weighted by Gasteiger charge is 2.45. The molecule has 0 saturated carbocycles. The zero-order chi connectivity index (χ0) is 15.3. The topological polar surface area (TPSA) is 17.1 Å². The molecule has 1 aliphatic carbocycles. The Balaban J connectivity index is 2.12. The predicted octanol–water partition coefficient (Wildman–Crippen LogP) is 4.88. The van der Waals surface area contributed by atoms with E-state index in [0.29, 0.717) is 0 Å². The van der Waals surface area contributed by atoms with Crippen LogP contribution in [0.25, 0.3) is 0 Å². The van der Waals surface area contributed by atoms with Gasteiger partial charge in [0.2, 0.25) is 0 Å². The van der Waals surface area contributed by atoms with Gasteiger partial charge in [0, 0.05) is 11.0 Å². The largest absolute Gasteiger partial charge is 0.295 e. The van der Waals surface area contributed by atoms with Crippen molar-refractivity contribution in [1.82, 2.24) is 0 Å². The smallest absolute Gasteiger partial charge is 0.159 e. The molecule has 21 heavy (non-hydrogen) atoms. The Labute approximate surface area is 127 Å². The maximum Gasteiger partial charge on any atom is 0.159 e. The maximum atomic E-state index is 11.5. The summed E-state index contributed by atoms with van der Waals surface area (Å²) in [6, 6.07) is 16.9. The molecule has 2 aromatic rings. The molecule has 0 saturated heterocycles. The summed E-state index contributed by atoms with van der Waals surface area (Å²) in [7, 11) is 0. The van der Waals surface area contributed by atoms with Gasteiger partial charge in [-0.05, 0) is 35.4 Å². The Morgan fingerprint density at radius 1 is 0.905 bits per heavy atom. The summed E-state index contributed by atoms with van der Waals surface area (Å²) in [6.45, 7) is 8.58. The molecule has 0 amide bonds. The standard InChI is InChI=1S/C20H22O/c1-14(21)15-9-11-16(12-10-15)20(4)13-19(2,3)17-7-5-6-8-18(17)20/h5-12H,13H2,1-4H3. The normalized spacial score (nSPS) is 22.9. The van der Waals surface area contributed by atoms with Crippen LogP contribution in [0.2, 0.25) is 0 Å². The van der Waals surface area contributed by atoms with E-state index < -0.39 is 0 Å². The summed E-state index contributed by atoms with van der Waals surface area (Å²) in [5.74, 6) is 0.124. The van der Waals surface area contributed by atoms with E-state index in [0.717, 1.165) is 12.0 Å². The minimum absolute atomic E-state index is 0.0232. The number of carbonyl (C=O) groups is 1. The number of benzene rings is 2. The Hall–Kier alpha value is -1.89. The van der Waals surface area contributed by atoms with Gasteiger partial charge >= 0.3 is 0 Å². The number of carbonyl (C=O) groups excluding carboxylic acids is 1.